The molecule has 1 atom stereocenters. The maximum absolute atomic E-state index is 13.2. The quantitative estimate of drug-likeness (QED) is 0.670. The molecule has 2 aromatic rings. The third kappa shape index (κ3) is 3.86. The Hall–Kier alpha value is -2.27. The topological polar surface area (TPSA) is 55.2 Å². The number of nitro benzene ring substituents is 1. The fourth-order valence-corrected chi connectivity index (χ4v) is 2.12. The second-order valence-electron chi connectivity index (χ2n) is 5.03. The standard InChI is InChI=1S/C16H17FN2O2/c1-11-6-7-15(17)8-14(11)10-18-12(2)13-4-3-5-16(9-13)19(20)21/h3-9,12,18H,10H2,1-2H3. The number of hydrogen-bond acceptors (Lipinski definition) is 3. The molecule has 1 N–H and O–H groups in total. The molecule has 0 heterocycles. The predicted octanol–water partition coefficient (Wildman–Crippen LogP) is 3.89. The highest BCUT2D eigenvalue weighted by atomic mass is 19.1. The third-order valence-electron chi connectivity index (χ3n) is 3.49. The summed E-state index contributed by atoms with van der Waals surface area (Å²) in [5.41, 5.74) is 2.80. The van der Waals surface area contributed by atoms with Crippen LogP contribution in [0.15, 0.2) is 42.5 Å². The predicted molar refractivity (Wildman–Crippen MR) is 79.5 cm³/mol. The maximum Gasteiger partial charge on any atom is 0.269 e. The van der Waals surface area contributed by atoms with E-state index in [0.29, 0.717) is 6.54 Å². The van der Waals surface area contributed by atoms with Gasteiger partial charge in [0.05, 0.1) is 4.92 Å². The first-order valence-corrected chi connectivity index (χ1v) is 6.70. The van der Waals surface area contributed by atoms with Crippen LogP contribution in [-0.2, 0) is 6.54 Å². The van der Waals surface area contributed by atoms with Crippen LogP contribution in [0.5, 0.6) is 0 Å². The van der Waals surface area contributed by atoms with Crippen molar-refractivity contribution in [2.45, 2.75) is 26.4 Å². The largest absolute Gasteiger partial charge is 0.306 e. The van der Waals surface area contributed by atoms with Gasteiger partial charge in [-0.05, 0) is 42.7 Å². The van der Waals surface area contributed by atoms with E-state index in [1.165, 1.54) is 18.2 Å². The van der Waals surface area contributed by atoms with Crippen molar-refractivity contribution in [3.63, 3.8) is 0 Å². The lowest BCUT2D eigenvalue weighted by Gasteiger charge is -2.15. The number of benzene rings is 2. The Labute approximate surface area is 122 Å². The minimum Gasteiger partial charge on any atom is -0.306 e. The van der Waals surface area contributed by atoms with E-state index in [-0.39, 0.29) is 17.5 Å². The molecule has 4 nitrogen and oxygen atoms in total. The number of non-ortho nitro benzene ring substituents is 1. The van der Waals surface area contributed by atoms with Gasteiger partial charge in [0.2, 0.25) is 0 Å². The lowest BCUT2D eigenvalue weighted by molar-refractivity contribution is -0.384. The molecule has 0 spiro atoms. The summed E-state index contributed by atoms with van der Waals surface area (Å²) < 4.78 is 13.2. The molecular weight excluding hydrogens is 271 g/mol. The number of nitrogens with one attached hydrogen (secondary N) is 1. The summed E-state index contributed by atoms with van der Waals surface area (Å²) in [6.45, 7) is 4.36. The van der Waals surface area contributed by atoms with Gasteiger partial charge in [-0.15, -0.1) is 0 Å². The molecular formula is C16H17FN2O2. The van der Waals surface area contributed by atoms with Gasteiger partial charge in [-0.3, -0.25) is 10.1 Å². The smallest absolute Gasteiger partial charge is 0.269 e. The average molecular weight is 288 g/mol. The van der Waals surface area contributed by atoms with Crippen molar-refractivity contribution in [2.24, 2.45) is 0 Å². The number of halogens is 1. The van der Waals surface area contributed by atoms with E-state index >= 15 is 0 Å². The average Bonchev–Trinajstić information content (AvgIpc) is 2.48. The van der Waals surface area contributed by atoms with Crippen molar-refractivity contribution in [3.8, 4) is 0 Å². The second-order valence-corrected chi connectivity index (χ2v) is 5.03. The molecule has 1 unspecified atom stereocenters. The Balaban J connectivity index is 2.08. The number of nitrogens with zero attached hydrogens (tertiary/aromatic N) is 1. The molecule has 2 aromatic carbocycles. The first-order chi connectivity index (χ1) is 9.97. The summed E-state index contributed by atoms with van der Waals surface area (Å²) in [5.74, 6) is -0.264. The monoisotopic (exact) mass is 288 g/mol. The molecule has 0 fully saturated rings. The van der Waals surface area contributed by atoms with Gasteiger partial charge >= 0.3 is 0 Å². The van der Waals surface area contributed by atoms with E-state index in [9.17, 15) is 14.5 Å². The minimum absolute atomic E-state index is 0.0624. The van der Waals surface area contributed by atoms with E-state index in [0.717, 1.165) is 16.7 Å². The van der Waals surface area contributed by atoms with Crippen LogP contribution in [0.1, 0.15) is 29.7 Å². The zero-order valence-electron chi connectivity index (χ0n) is 12.0. The molecule has 0 aliphatic rings. The van der Waals surface area contributed by atoms with Crippen LogP contribution >= 0.6 is 0 Å². The summed E-state index contributed by atoms with van der Waals surface area (Å²) in [6, 6.07) is 11.1. The number of rotatable bonds is 5. The summed E-state index contributed by atoms with van der Waals surface area (Å²) in [5, 5.41) is 14.0. The molecule has 0 aromatic heterocycles. The van der Waals surface area contributed by atoms with Crippen LogP contribution < -0.4 is 5.32 Å². The van der Waals surface area contributed by atoms with Crippen LogP contribution in [0.4, 0.5) is 10.1 Å². The Bertz CT molecular complexity index is 658. The molecule has 0 saturated heterocycles. The third-order valence-corrected chi connectivity index (χ3v) is 3.49. The van der Waals surface area contributed by atoms with Crippen LogP contribution in [-0.4, -0.2) is 4.92 Å². The van der Waals surface area contributed by atoms with Gasteiger partial charge in [-0.1, -0.05) is 18.2 Å². The fraction of sp³-hybridized carbons (Fsp3) is 0.250. The van der Waals surface area contributed by atoms with Crippen molar-refractivity contribution in [1.29, 1.82) is 0 Å². The van der Waals surface area contributed by atoms with Crippen LogP contribution in [0, 0.1) is 22.9 Å². The molecule has 110 valence electrons. The lowest BCUT2D eigenvalue weighted by Crippen LogP contribution is -2.18. The van der Waals surface area contributed by atoms with Gasteiger partial charge in [0.25, 0.3) is 5.69 Å². The van der Waals surface area contributed by atoms with Gasteiger partial charge in [-0.2, -0.15) is 0 Å². The van der Waals surface area contributed by atoms with Gasteiger partial charge in [0, 0.05) is 24.7 Å². The zero-order valence-corrected chi connectivity index (χ0v) is 12.0. The van der Waals surface area contributed by atoms with Gasteiger partial charge in [0.15, 0.2) is 0 Å². The SMILES string of the molecule is Cc1ccc(F)cc1CNC(C)c1cccc([N+](=O)[O-])c1. The number of hydrogen-bond donors (Lipinski definition) is 1. The highest BCUT2D eigenvalue weighted by Crippen LogP contribution is 2.20. The molecule has 21 heavy (non-hydrogen) atoms. The van der Waals surface area contributed by atoms with Crippen LogP contribution in [0.2, 0.25) is 0 Å². The number of nitro groups is 1. The highest BCUT2D eigenvalue weighted by molar-refractivity contribution is 5.35. The summed E-state index contributed by atoms with van der Waals surface area (Å²) in [6.07, 6.45) is 0. The molecule has 0 amide bonds. The molecule has 0 aliphatic heterocycles. The molecule has 0 aliphatic carbocycles. The molecule has 0 bridgehead atoms. The second kappa shape index (κ2) is 6.45. The van der Waals surface area contributed by atoms with E-state index < -0.39 is 4.92 Å². The summed E-state index contributed by atoms with van der Waals surface area (Å²) in [4.78, 5) is 10.4. The van der Waals surface area contributed by atoms with E-state index in [1.54, 1.807) is 18.2 Å². The Morgan fingerprint density at radius 3 is 2.76 bits per heavy atom. The van der Waals surface area contributed by atoms with Crippen molar-refractivity contribution in [1.82, 2.24) is 5.32 Å². The lowest BCUT2D eigenvalue weighted by atomic mass is 10.1. The van der Waals surface area contributed by atoms with E-state index in [4.69, 9.17) is 0 Å². The van der Waals surface area contributed by atoms with E-state index in [1.807, 2.05) is 19.9 Å². The molecule has 2 rings (SSSR count). The maximum atomic E-state index is 13.2. The number of aryl methyl sites for hydroxylation is 1. The Morgan fingerprint density at radius 1 is 1.29 bits per heavy atom. The van der Waals surface area contributed by atoms with Crippen molar-refractivity contribution >= 4 is 5.69 Å². The molecule has 0 radical (unpaired) electrons. The van der Waals surface area contributed by atoms with Gasteiger partial charge < -0.3 is 5.32 Å². The Morgan fingerprint density at radius 2 is 2.05 bits per heavy atom. The van der Waals surface area contributed by atoms with Crippen molar-refractivity contribution < 1.29 is 9.31 Å². The fourth-order valence-electron chi connectivity index (χ4n) is 2.12. The van der Waals surface area contributed by atoms with Crippen LogP contribution in [0.3, 0.4) is 0 Å². The summed E-state index contributed by atoms with van der Waals surface area (Å²) in [7, 11) is 0. The zero-order chi connectivity index (χ0) is 15.4. The van der Waals surface area contributed by atoms with Crippen LogP contribution in [0.25, 0.3) is 0 Å². The molecule has 0 saturated carbocycles. The van der Waals surface area contributed by atoms with Gasteiger partial charge in [-0.25, -0.2) is 4.39 Å². The molecule has 5 heteroatoms. The van der Waals surface area contributed by atoms with Crippen molar-refractivity contribution in [3.05, 3.63) is 75.1 Å². The highest BCUT2D eigenvalue weighted by Gasteiger charge is 2.11. The first-order valence-electron chi connectivity index (χ1n) is 6.70. The van der Waals surface area contributed by atoms with Crippen molar-refractivity contribution in [2.75, 3.05) is 0 Å². The Kier molecular flexibility index (Phi) is 4.65. The van der Waals surface area contributed by atoms with Gasteiger partial charge in [0.1, 0.15) is 5.82 Å². The summed E-state index contributed by atoms with van der Waals surface area (Å²) >= 11 is 0. The van der Waals surface area contributed by atoms with E-state index in [2.05, 4.69) is 5.32 Å². The normalized spacial score (nSPS) is 12.1. The first kappa shape index (κ1) is 15.1. The minimum atomic E-state index is -0.410.